The largest absolute Gasteiger partial charge is 0.380 e. The minimum atomic E-state index is -2.84. The predicted octanol–water partition coefficient (Wildman–Crippen LogP) is -0.642. The molecule has 0 aromatic carbocycles. The number of anilines is 1. The highest BCUT2D eigenvalue weighted by molar-refractivity contribution is 7.91. The Morgan fingerprint density at radius 2 is 2.17 bits per heavy atom. The number of nitrogens with zero attached hydrogens (tertiary/aromatic N) is 2. The Kier molecular flexibility index (Phi) is 3.55. The van der Waals surface area contributed by atoms with Gasteiger partial charge in [-0.15, -0.1) is 0 Å². The molecule has 18 heavy (non-hydrogen) atoms. The topological polar surface area (TPSA) is 107 Å². The highest BCUT2D eigenvalue weighted by Gasteiger charge is 2.23. The number of nitrogens with two attached hydrogens (primary N) is 1. The second-order valence-corrected chi connectivity index (χ2v) is 6.77. The van der Waals surface area contributed by atoms with Gasteiger partial charge in [0.05, 0.1) is 23.4 Å². The summed E-state index contributed by atoms with van der Waals surface area (Å²) >= 11 is 0. The molecule has 0 saturated carbocycles. The average molecular weight is 272 g/mol. The van der Waals surface area contributed by atoms with Crippen LogP contribution in [0.3, 0.4) is 0 Å². The zero-order valence-corrected chi connectivity index (χ0v) is 10.7. The van der Waals surface area contributed by atoms with Gasteiger partial charge in [0, 0.05) is 12.2 Å². The molecule has 2 heterocycles. The van der Waals surface area contributed by atoms with Crippen molar-refractivity contribution in [1.82, 2.24) is 9.78 Å². The van der Waals surface area contributed by atoms with Crippen LogP contribution in [0, 0.1) is 0 Å². The van der Waals surface area contributed by atoms with Crippen LogP contribution in [-0.4, -0.2) is 41.7 Å². The van der Waals surface area contributed by atoms with Crippen molar-refractivity contribution < 1.29 is 13.2 Å². The Labute approximate surface area is 105 Å². The van der Waals surface area contributed by atoms with Gasteiger partial charge < -0.3 is 11.1 Å². The molecule has 0 unspecified atom stereocenters. The molecule has 2 rings (SSSR count). The summed E-state index contributed by atoms with van der Waals surface area (Å²) in [6, 6.07) is 0.139. The molecule has 1 amide bonds. The number of amides is 1. The number of sulfone groups is 1. The van der Waals surface area contributed by atoms with Gasteiger partial charge in [-0.3, -0.25) is 9.48 Å². The lowest BCUT2D eigenvalue weighted by atomic mass is 10.1. The first kappa shape index (κ1) is 12.9. The third kappa shape index (κ3) is 3.46. The van der Waals surface area contributed by atoms with Crippen molar-refractivity contribution in [2.24, 2.45) is 5.73 Å². The molecule has 3 N–H and O–H groups in total. The third-order valence-electron chi connectivity index (χ3n) is 2.88. The fourth-order valence-corrected chi connectivity index (χ4v) is 3.45. The fourth-order valence-electron chi connectivity index (χ4n) is 1.95. The molecular formula is C10H16N4O3S. The minimum Gasteiger partial charge on any atom is -0.380 e. The summed E-state index contributed by atoms with van der Waals surface area (Å²) in [5.41, 5.74) is 5.84. The zero-order valence-electron chi connectivity index (χ0n) is 9.87. The SMILES string of the molecule is NC(=O)Cn1cc(NC2CCS(=O)(=O)CC2)cn1. The van der Waals surface area contributed by atoms with Crippen LogP contribution in [0.25, 0.3) is 0 Å². The van der Waals surface area contributed by atoms with E-state index in [4.69, 9.17) is 5.73 Å². The molecule has 8 heteroatoms. The number of hydrogen-bond acceptors (Lipinski definition) is 5. The van der Waals surface area contributed by atoms with E-state index in [1.807, 2.05) is 0 Å². The third-order valence-corrected chi connectivity index (χ3v) is 4.59. The molecule has 1 aliphatic heterocycles. The van der Waals surface area contributed by atoms with E-state index in [0.717, 1.165) is 5.69 Å². The summed E-state index contributed by atoms with van der Waals surface area (Å²) in [7, 11) is -2.84. The quantitative estimate of drug-likeness (QED) is 0.758. The van der Waals surface area contributed by atoms with Gasteiger partial charge >= 0.3 is 0 Å². The van der Waals surface area contributed by atoms with Crippen molar-refractivity contribution in [3.05, 3.63) is 12.4 Å². The lowest BCUT2D eigenvalue weighted by molar-refractivity contribution is -0.118. The van der Waals surface area contributed by atoms with Crippen molar-refractivity contribution in [3.8, 4) is 0 Å². The van der Waals surface area contributed by atoms with Crippen LogP contribution >= 0.6 is 0 Å². The second kappa shape index (κ2) is 4.97. The van der Waals surface area contributed by atoms with Gasteiger partial charge in [0.2, 0.25) is 5.91 Å². The van der Waals surface area contributed by atoms with Gasteiger partial charge in [-0.05, 0) is 12.8 Å². The van der Waals surface area contributed by atoms with Crippen molar-refractivity contribution in [3.63, 3.8) is 0 Å². The van der Waals surface area contributed by atoms with Gasteiger partial charge in [-0.1, -0.05) is 0 Å². The maximum atomic E-state index is 11.3. The fraction of sp³-hybridized carbons (Fsp3) is 0.600. The Balaban J connectivity index is 1.90. The highest BCUT2D eigenvalue weighted by Crippen LogP contribution is 2.17. The van der Waals surface area contributed by atoms with E-state index in [9.17, 15) is 13.2 Å². The van der Waals surface area contributed by atoms with Crippen LogP contribution in [0.1, 0.15) is 12.8 Å². The van der Waals surface area contributed by atoms with Crippen LogP contribution in [-0.2, 0) is 21.2 Å². The van der Waals surface area contributed by atoms with Crippen molar-refractivity contribution in [2.75, 3.05) is 16.8 Å². The molecule has 7 nitrogen and oxygen atoms in total. The Morgan fingerprint density at radius 1 is 1.50 bits per heavy atom. The highest BCUT2D eigenvalue weighted by atomic mass is 32.2. The molecule has 1 aromatic rings. The number of aromatic nitrogens is 2. The van der Waals surface area contributed by atoms with E-state index in [0.29, 0.717) is 12.8 Å². The number of carbonyl (C=O) groups excluding carboxylic acids is 1. The number of carbonyl (C=O) groups is 1. The molecule has 1 fully saturated rings. The average Bonchev–Trinajstić information content (AvgIpc) is 2.68. The summed E-state index contributed by atoms with van der Waals surface area (Å²) in [6.45, 7) is 0.0424. The first-order valence-corrected chi connectivity index (χ1v) is 7.54. The zero-order chi connectivity index (χ0) is 13.2. The van der Waals surface area contributed by atoms with Crippen LogP contribution in [0.2, 0.25) is 0 Å². The molecule has 0 radical (unpaired) electrons. The number of hydrogen-bond donors (Lipinski definition) is 2. The first-order valence-electron chi connectivity index (χ1n) is 5.72. The molecule has 0 atom stereocenters. The molecule has 1 saturated heterocycles. The molecule has 0 aliphatic carbocycles. The number of primary amides is 1. The van der Waals surface area contributed by atoms with Gasteiger partial charge in [0.1, 0.15) is 16.4 Å². The lowest BCUT2D eigenvalue weighted by Crippen LogP contribution is -2.32. The van der Waals surface area contributed by atoms with E-state index in [1.165, 1.54) is 4.68 Å². The van der Waals surface area contributed by atoms with E-state index >= 15 is 0 Å². The van der Waals surface area contributed by atoms with E-state index < -0.39 is 15.7 Å². The molecule has 0 spiro atoms. The monoisotopic (exact) mass is 272 g/mol. The Bertz CT molecular complexity index is 523. The van der Waals surface area contributed by atoms with Gasteiger partial charge in [0.15, 0.2) is 0 Å². The van der Waals surface area contributed by atoms with E-state index in [2.05, 4.69) is 10.4 Å². The Hall–Kier alpha value is -1.57. The predicted molar refractivity (Wildman–Crippen MR) is 66.7 cm³/mol. The molecule has 0 bridgehead atoms. The van der Waals surface area contributed by atoms with Crippen molar-refractivity contribution in [2.45, 2.75) is 25.4 Å². The Morgan fingerprint density at radius 3 is 2.78 bits per heavy atom. The first-order chi connectivity index (χ1) is 8.44. The molecule has 1 aromatic heterocycles. The number of nitrogens with one attached hydrogen (secondary N) is 1. The summed E-state index contributed by atoms with van der Waals surface area (Å²) in [5.74, 6) is -0.00592. The van der Waals surface area contributed by atoms with Crippen LogP contribution in [0.15, 0.2) is 12.4 Å². The maximum absolute atomic E-state index is 11.3. The van der Waals surface area contributed by atoms with Crippen molar-refractivity contribution >= 4 is 21.4 Å². The summed E-state index contributed by atoms with van der Waals surface area (Å²) in [6.07, 6.45) is 4.49. The summed E-state index contributed by atoms with van der Waals surface area (Å²) in [4.78, 5) is 10.7. The second-order valence-electron chi connectivity index (χ2n) is 4.46. The normalized spacial score (nSPS) is 19.6. The van der Waals surface area contributed by atoms with Gasteiger partial charge in [0.25, 0.3) is 0 Å². The van der Waals surface area contributed by atoms with Gasteiger partial charge in [-0.25, -0.2) is 8.42 Å². The van der Waals surface area contributed by atoms with Crippen molar-refractivity contribution in [1.29, 1.82) is 0 Å². The summed E-state index contributed by atoms with van der Waals surface area (Å²) < 4.78 is 24.0. The minimum absolute atomic E-state index is 0.0424. The standard InChI is InChI=1S/C10H16N4O3S/c11-10(15)7-14-6-9(5-12-14)13-8-1-3-18(16,17)4-2-8/h5-6,8,13H,1-4,7H2,(H2,11,15). The summed E-state index contributed by atoms with van der Waals surface area (Å²) in [5, 5.41) is 7.20. The smallest absolute Gasteiger partial charge is 0.239 e. The van der Waals surface area contributed by atoms with E-state index in [1.54, 1.807) is 12.4 Å². The molecule has 1 aliphatic rings. The van der Waals surface area contributed by atoms with Crippen LogP contribution < -0.4 is 11.1 Å². The molecule has 100 valence electrons. The number of rotatable bonds is 4. The van der Waals surface area contributed by atoms with Crippen LogP contribution in [0.4, 0.5) is 5.69 Å². The van der Waals surface area contributed by atoms with Crippen LogP contribution in [0.5, 0.6) is 0 Å². The van der Waals surface area contributed by atoms with Gasteiger partial charge in [-0.2, -0.15) is 5.10 Å². The van der Waals surface area contributed by atoms with E-state index in [-0.39, 0.29) is 24.1 Å². The maximum Gasteiger partial charge on any atom is 0.239 e. The molecular weight excluding hydrogens is 256 g/mol. The lowest BCUT2D eigenvalue weighted by Gasteiger charge is -2.23.